The third-order valence-corrected chi connectivity index (χ3v) is 5.75. The van der Waals surface area contributed by atoms with Crippen LogP contribution in [0.5, 0.6) is 0 Å². The van der Waals surface area contributed by atoms with E-state index < -0.39 is 11.8 Å². The summed E-state index contributed by atoms with van der Waals surface area (Å²) in [5.41, 5.74) is 1.21. The van der Waals surface area contributed by atoms with Crippen LogP contribution in [0.2, 0.25) is 0 Å². The Morgan fingerprint density at radius 3 is 2.58 bits per heavy atom. The van der Waals surface area contributed by atoms with Crippen LogP contribution in [0, 0.1) is 0 Å². The summed E-state index contributed by atoms with van der Waals surface area (Å²) in [6.45, 7) is 2.94. The summed E-state index contributed by atoms with van der Waals surface area (Å²) in [7, 11) is 0. The fourth-order valence-electron chi connectivity index (χ4n) is 2.91. The molecule has 1 aliphatic rings. The minimum atomic E-state index is -0.575. The van der Waals surface area contributed by atoms with Gasteiger partial charge in [-0.25, -0.2) is 0 Å². The molecule has 1 atom stereocenters. The Morgan fingerprint density at radius 2 is 1.92 bits per heavy atom. The summed E-state index contributed by atoms with van der Waals surface area (Å²) in [6.07, 6.45) is 2.38. The maximum absolute atomic E-state index is 12.1. The molecular weight excluding hydrogens is 342 g/mol. The van der Waals surface area contributed by atoms with Crippen LogP contribution in [0.1, 0.15) is 29.3 Å². The third-order valence-electron chi connectivity index (χ3n) is 4.17. The Bertz CT molecular complexity index is 649. The third kappa shape index (κ3) is 4.43. The summed E-state index contributed by atoms with van der Waals surface area (Å²) >= 11 is 3.21. The van der Waals surface area contributed by atoms with Gasteiger partial charge in [-0.05, 0) is 59.8 Å². The highest BCUT2D eigenvalue weighted by molar-refractivity contribution is 7.09. The van der Waals surface area contributed by atoms with E-state index in [2.05, 4.69) is 27.0 Å². The molecule has 1 fully saturated rings. The zero-order valence-corrected chi connectivity index (χ0v) is 15.0. The van der Waals surface area contributed by atoms with E-state index >= 15 is 0 Å². The average Bonchev–Trinajstić information content (AvgIpc) is 3.35. The minimum Gasteiger partial charge on any atom is -0.346 e. The molecule has 3 rings (SSSR count). The van der Waals surface area contributed by atoms with Crippen molar-refractivity contribution in [1.29, 1.82) is 0 Å². The summed E-state index contributed by atoms with van der Waals surface area (Å²) in [6, 6.07) is 6.10. The van der Waals surface area contributed by atoms with Crippen molar-refractivity contribution in [3.63, 3.8) is 0 Å². The molecule has 7 heteroatoms. The second kappa shape index (κ2) is 8.41. The lowest BCUT2D eigenvalue weighted by Gasteiger charge is -2.27. The van der Waals surface area contributed by atoms with Gasteiger partial charge in [-0.1, -0.05) is 6.07 Å². The predicted octanol–water partition coefficient (Wildman–Crippen LogP) is 2.38. The smallest absolute Gasteiger partial charge is 0.309 e. The molecule has 0 aromatic carbocycles. The fraction of sp³-hybridized carbons (Fsp3) is 0.412. The molecule has 5 nitrogen and oxygen atoms in total. The van der Waals surface area contributed by atoms with Crippen LogP contribution >= 0.6 is 22.7 Å². The average molecular weight is 364 g/mol. The van der Waals surface area contributed by atoms with E-state index in [4.69, 9.17) is 0 Å². The fourth-order valence-corrected chi connectivity index (χ4v) is 4.26. The Balaban J connectivity index is 1.51. The van der Waals surface area contributed by atoms with Gasteiger partial charge < -0.3 is 10.6 Å². The van der Waals surface area contributed by atoms with Gasteiger partial charge in [0.2, 0.25) is 0 Å². The molecule has 0 saturated carbocycles. The molecule has 2 aromatic rings. The van der Waals surface area contributed by atoms with Crippen molar-refractivity contribution in [2.75, 3.05) is 19.6 Å². The monoisotopic (exact) mass is 363 g/mol. The number of hydrogen-bond donors (Lipinski definition) is 2. The number of nitrogens with one attached hydrogen (secondary N) is 2. The van der Waals surface area contributed by atoms with E-state index in [9.17, 15) is 9.59 Å². The standard InChI is InChI=1S/C17H21N3O2S2/c21-16(18-10-14-4-3-8-24-14)17(22)19-11-15(13-5-9-23-12-13)20-6-1-2-7-20/h3-5,8-9,12,15H,1-2,6-7,10-11H2,(H,18,21)(H,19,22)/t15-/m1/s1. The summed E-state index contributed by atoms with van der Waals surface area (Å²) < 4.78 is 0. The maximum atomic E-state index is 12.1. The molecule has 2 amide bonds. The number of nitrogens with zero attached hydrogens (tertiary/aromatic N) is 1. The van der Waals surface area contributed by atoms with Gasteiger partial charge in [-0.2, -0.15) is 11.3 Å². The van der Waals surface area contributed by atoms with Crippen molar-refractivity contribution < 1.29 is 9.59 Å². The number of hydrogen-bond acceptors (Lipinski definition) is 5. The lowest BCUT2D eigenvalue weighted by Crippen LogP contribution is -2.43. The molecule has 128 valence electrons. The lowest BCUT2D eigenvalue weighted by atomic mass is 10.1. The van der Waals surface area contributed by atoms with E-state index in [0.717, 1.165) is 18.0 Å². The van der Waals surface area contributed by atoms with Crippen molar-refractivity contribution >= 4 is 34.5 Å². The first-order valence-electron chi connectivity index (χ1n) is 8.08. The van der Waals surface area contributed by atoms with Gasteiger partial charge in [0, 0.05) is 11.4 Å². The second-order valence-electron chi connectivity index (χ2n) is 5.79. The highest BCUT2D eigenvalue weighted by atomic mass is 32.1. The topological polar surface area (TPSA) is 61.4 Å². The number of rotatable bonds is 6. The predicted molar refractivity (Wildman–Crippen MR) is 97.0 cm³/mol. The molecule has 24 heavy (non-hydrogen) atoms. The van der Waals surface area contributed by atoms with Crippen molar-refractivity contribution in [2.24, 2.45) is 0 Å². The van der Waals surface area contributed by atoms with Gasteiger partial charge in [-0.15, -0.1) is 11.3 Å². The number of carbonyl (C=O) groups is 2. The van der Waals surface area contributed by atoms with Crippen LogP contribution < -0.4 is 10.6 Å². The van der Waals surface area contributed by atoms with Crippen molar-refractivity contribution in [2.45, 2.75) is 25.4 Å². The van der Waals surface area contributed by atoms with Crippen molar-refractivity contribution in [3.8, 4) is 0 Å². The summed E-state index contributed by atoms with van der Waals surface area (Å²) in [5, 5.41) is 11.6. The minimum absolute atomic E-state index is 0.146. The highest BCUT2D eigenvalue weighted by Gasteiger charge is 2.25. The molecule has 3 heterocycles. The van der Waals surface area contributed by atoms with E-state index in [0.29, 0.717) is 13.1 Å². The number of amides is 2. The number of likely N-dealkylation sites (tertiary alicyclic amines) is 1. The normalized spacial score (nSPS) is 16.0. The molecule has 0 bridgehead atoms. The number of thiophene rings is 2. The van der Waals surface area contributed by atoms with Crippen LogP contribution in [0.4, 0.5) is 0 Å². The van der Waals surface area contributed by atoms with E-state index in [1.807, 2.05) is 22.9 Å². The molecule has 0 spiro atoms. The Kier molecular flexibility index (Phi) is 6.01. The molecule has 2 aromatic heterocycles. The second-order valence-corrected chi connectivity index (χ2v) is 7.60. The molecule has 1 saturated heterocycles. The van der Waals surface area contributed by atoms with E-state index in [-0.39, 0.29) is 6.04 Å². The van der Waals surface area contributed by atoms with Crippen LogP contribution in [0.25, 0.3) is 0 Å². The Morgan fingerprint density at radius 1 is 1.12 bits per heavy atom. The zero-order chi connectivity index (χ0) is 16.8. The van der Waals surface area contributed by atoms with E-state index in [1.54, 1.807) is 22.7 Å². The quantitative estimate of drug-likeness (QED) is 0.775. The molecule has 0 aliphatic carbocycles. The first kappa shape index (κ1) is 17.1. The van der Waals surface area contributed by atoms with Gasteiger partial charge in [-0.3, -0.25) is 14.5 Å². The largest absolute Gasteiger partial charge is 0.346 e. The van der Waals surface area contributed by atoms with Gasteiger partial charge in [0.25, 0.3) is 0 Å². The molecular formula is C17H21N3O2S2. The van der Waals surface area contributed by atoms with Crippen LogP contribution in [-0.2, 0) is 16.1 Å². The van der Waals surface area contributed by atoms with Crippen LogP contribution in [-0.4, -0.2) is 36.3 Å². The maximum Gasteiger partial charge on any atom is 0.309 e. The van der Waals surface area contributed by atoms with Gasteiger partial charge in [0.1, 0.15) is 0 Å². The SMILES string of the molecule is O=C(NCc1cccs1)C(=O)NC[C@H](c1ccsc1)N1CCCC1. The molecule has 0 radical (unpaired) electrons. The summed E-state index contributed by atoms with van der Waals surface area (Å²) in [5.74, 6) is -1.14. The first-order valence-corrected chi connectivity index (χ1v) is 9.91. The highest BCUT2D eigenvalue weighted by Crippen LogP contribution is 2.26. The number of carbonyl (C=O) groups excluding carboxylic acids is 2. The Labute approximate surface area is 149 Å². The molecule has 2 N–H and O–H groups in total. The lowest BCUT2D eigenvalue weighted by molar-refractivity contribution is -0.139. The van der Waals surface area contributed by atoms with Gasteiger partial charge in [0.05, 0.1) is 12.6 Å². The van der Waals surface area contributed by atoms with Gasteiger partial charge >= 0.3 is 11.8 Å². The van der Waals surface area contributed by atoms with Crippen molar-refractivity contribution in [3.05, 3.63) is 44.8 Å². The zero-order valence-electron chi connectivity index (χ0n) is 13.4. The molecule has 1 aliphatic heterocycles. The van der Waals surface area contributed by atoms with E-state index in [1.165, 1.54) is 18.4 Å². The van der Waals surface area contributed by atoms with Gasteiger partial charge in [0.15, 0.2) is 0 Å². The van der Waals surface area contributed by atoms with Crippen molar-refractivity contribution in [1.82, 2.24) is 15.5 Å². The van der Waals surface area contributed by atoms with Crippen LogP contribution in [0.3, 0.4) is 0 Å². The summed E-state index contributed by atoms with van der Waals surface area (Å²) in [4.78, 5) is 27.4. The first-order chi connectivity index (χ1) is 11.7. The van der Waals surface area contributed by atoms with Crippen LogP contribution in [0.15, 0.2) is 34.3 Å². The molecule has 0 unspecified atom stereocenters. The Hall–Kier alpha value is -1.70.